The quantitative estimate of drug-likeness (QED) is 0.869. The Morgan fingerprint density at radius 1 is 1.36 bits per heavy atom. The monoisotopic (exact) mass is 323 g/mol. The summed E-state index contributed by atoms with van der Waals surface area (Å²) in [6, 6.07) is 2.84. The van der Waals surface area contributed by atoms with E-state index in [1.165, 1.54) is 0 Å². The number of nitrogens with zero attached hydrogens (tertiary/aromatic N) is 2. The van der Waals surface area contributed by atoms with Gasteiger partial charge in [-0.1, -0.05) is 18.3 Å². The molecule has 2 rings (SSSR count). The number of hydrogen-bond donors (Lipinski definition) is 1. The first-order chi connectivity index (χ1) is 10.4. The first kappa shape index (κ1) is 16.0. The van der Waals surface area contributed by atoms with Crippen molar-refractivity contribution in [3.8, 4) is 0 Å². The highest BCUT2D eigenvalue weighted by Crippen LogP contribution is 2.17. The van der Waals surface area contributed by atoms with Crippen LogP contribution in [0.25, 0.3) is 0 Å². The van der Waals surface area contributed by atoms with Crippen LogP contribution in [0.4, 0.5) is 14.5 Å². The molecule has 1 aromatic rings. The van der Waals surface area contributed by atoms with E-state index in [0.717, 1.165) is 23.9 Å². The smallest absolute Gasteiger partial charge is 0.280 e. The fraction of sp³-hybridized carbons (Fsp3) is 0.143. The lowest BCUT2D eigenvalue weighted by Gasteiger charge is -2.10. The van der Waals surface area contributed by atoms with Crippen molar-refractivity contribution in [2.24, 2.45) is 9.98 Å². The van der Waals surface area contributed by atoms with Crippen molar-refractivity contribution in [1.29, 1.82) is 0 Å². The van der Waals surface area contributed by atoms with Crippen LogP contribution in [0.5, 0.6) is 0 Å². The van der Waals surface area contributed by atoms with Gasteiger partial charge in [0.15, 0.2) is 5.17 Å². The Bertz CT molecular complexity index is 729. The van der Waals surface area contributed by atoms with Crippen molar-refractivity contribution >= 4 is 40.1 Å². The zero-order chi connectivity index (χ0) is 16.3. The van der Waals surface area contributed by atoms with E-state index in [0.29, 0.717) is 11.8 Å². The number of amides is 2. The highest BCUT2D eigenvalue weighted by atomic mass is 32.2. The van der Waals surface area contributed by atoms with Gasteiger partial charge in [0.25, 0.3) is 5.91 Å². The van der Waals surface area contributed by atoms with E-state index in [4.69, 9.17) is 0 Å². The van der Waals surface area contributed by atoms with Gasteiger partial charge >= 0.3 is 0 Å². The summed E-state index contributed by atoms with van der Waals surface area (Å²) in [6.07, 6.45) is 0. The fourth-order valence-corrected chi connectivity index (χ4v) is 2.20. The van der Waals surface area contributed by atoms with Crippen LogP contribution in [0.2, 0.25) is 0 Å². The molecular formula is C14H11F2N3O2S. The number of aliphatic imine (C=N–C) groups is 2. The summed E-state index contributed by atoms with van der Waals surface area (Å²) in [4.78, 5) is 30.9. The van der Waals surface area contributed by atoms with E-state index in [-0.39, 0.29) is 22.2 Å². The maximum absolute atomic E-state index is 13.4. The fourth-order valence-electron chi connectivity index (χ4n) is 1.52. The average molecular weight is 323 g/mol. The molecular weight excluding hydrogens is 312 g/mol. The number of anilines is 1. The Morgan fingerprint density at radius 2 is 2.09 bits per heavy atom. The van der Waals surface area contributed by atoms with Gasteiger partial charge in [0.2, 0.25) is 5.91 Å². The van der Waals surface area contributed by atoms with E-state index in [1.807, 2.05) is 0 Å². The summed E-state index contributed by atoms with van der Waals surface area (Å²) in [5.41, 5.74) is 0.524. The average Bonchev–Trinajstić information content (AvgIpc) is 2.45. The molecule has 0 saturated heterocycles. The zero-order valence-electron chi connectivity index (χ0n) is 11.5. The second-order valence-electron chi connectivity index (χ2n) is 4.34. The normalized spacial score (nSPS) is 14.5. The third-order valence-corrected chi connectivity index (χ3v) is 3.54. The Morgan fingerprint density at radius 3 is 2.73 bits per heavy atom. The standard InChI is InChI=1S/C14H11F2N3O2S/c1-7-8(2)17-14(19-13(7)21)22-6-12(20)18-11-4-3-9(15)5-10(11)16/h3-5H,1,6H2,2H3,(H,18,20). The zero-order valence-corrected chi connectivity index (χ0v) is 12.3. The molecule has 1 aliphatic rings. The van der Waals surface area contributed by atoms with Gasteiger partial charge in [0.05, 0.1) is 22.7 Å². The molecule has 0 spiro atoms. The second kappa shape index (κ2) is 6.61. The second-order valence-corrected chi connectivity index (χ2v) is 5.28. The van der Waals surface area contributed by atoms with Crippen molar-refractivity contribution < 1.29 is 18.4 Å². The number of thioether (sulfide) groups is 1. The maximum Gasteiger partial charge on any atom is 0.280 e. The summed E-state index contributed by atoms with van der Waals surface area (Å²) in [5.74, 6) is -2.74. The van der Waals surface area contributed by atoms with Crippen LogP contribution in [-0.2, 0) is 9.59 Å². The van der Waals surface area contributed by atoms with Gasteiger partial charge in [-0.3, -0.25) is 9.59 Å². The lowest BCUT2D eigenvalue weighted by Crippen LogP contribution is -2.19. The largest absolute Gasteiger partial charge is 0.323 e. The molecule has 1 aliphatic heterocycles. The molecule has 1 N–H and O–H groups in total. The Labute approximate surface area is 129 Å². The highest BCUT2D eigenvalue weighted by Gasteiger charge is 2.18. The number of benzene rings is 1. The van der Waals surface area contributed by atoms with Crippen LogP contribution in [0.15, 0.2) is 40.3 Å². The maximum atomic E-state index is 13.4. The molecule has 1 aromatic carbocycles. The molecule has 0 atom stereocenters. The summed E-state index contributed by atoms with van der Waals surface area (Å²) in [7, 11) is 0. The van der Waals surface area contributed by atoms with Crippen LogP contribution in [0.3, 0.4) is 0 Å². The minimum absolute atomic E-state index is 0.119. The van der Waals surface area contributed by atoms with E-state index in [1.54, 1.807) is 6.92 Å². The highest BCUT2D eigenvalue weighted by molar-refractivity contribution is 8.14. The predicted molar refractivity (Wildman–Crippen MR) is 82.1 cm³/mol. The van der Waals surface area contributed by atoms with Crippen molar-refractivity contribution in [1.82, 2.24) is 0 Å². The van der Waals surface area contributed by atoms with E-state index < -0.39 is 23.4 Å². The lowest BCUT2D eigenvalue weighted by molar-refractivity contribution is -0.114. The van der Waals surface area contributed by atoms with Gasteiger partial charge in [-0.05, 0) is 19.1 Å². The Balaban J connectivity index is 1.95. The van der Waals surface area contributed by atoms with Crippen molar-refractivity contribution in [3.05, 3.63) is 42.0 Å². The van der Waals surface area contributed by atoms with E-state index in [9.17, 15) is 18.4 Å². The summed E-state index contributed by atoms with van der Waals surface area (Å²) >= 11 is 0.935. The summed E-state index contributed by atoms with van der Waals surface area (Å²) in [6.45, 7) is 5.14. The van der Waals surface area contributed by atoms with Crippen molar-refractivity contribution in [2.75, 3.05) is 11.1 Å². The van der Waals surface area contributed by atoms with Crippen LogP contribution in [0.1, 0.15) is 6.92 Å². The molecule has 8 heteroatoms. The topological polar surface area (TPSA) is 70.9 Å². The SMILES string of the molecule is C=C1C(=O)N=C(SCC(=O)Nc2ccc(F)cc2F)N=C1C. The minimum atomic E-state index is -0.867. The molecule has 22 heavy (non-hydrogen) atoms. The molecule has 0 unspecified atom stereocenters. The van der Waals surface area contributed by atoms with Crippen LogP contribution in [0, 0.1) is 11.6 Å². The van der Waals surface area contributed by atoms with Gasteiger partial charge in [-0.25, -0.2) is 13.8 Å². The van der Waals surface area contributed by atoms with Gasteiger partial charge < -0.3 is 5.32 Å². The first-order valence-corrected chi connectivity index (χ1v) is 7.10. The number of halogens is 2. The molecule has 114 valence electrons. The summed E-state index contributed by atoms with van der Waals surface area (Å²) in [5, 5.41) is 2.44. The number of rotatable bonds is 3. The number of carbonyl (C=O) groups is 2. The van der Waals surface area contributed by atoms with Gasteiger partial charge in [0, 0.05) is 6.07 Å². The molecule has 1 heterocycles. The van der Waals surface area contributed by atoms with Crippen LogP contribution in [-0.4, -0.2) is 28.4 Å². The number of amidine groups is 1. The molecule has 0 aromatic heterocycles. The first-order valence-electron chi connectivity index (χ1n) is 6.12. The molecule has 0 aliphatic carbocycles. The van der Waals surface area contributed by atoms with Gasteiger partial charge in [-0.15, -0.1) is 0 Å². The third kappa shape index (κ3) is 3.85. The molecule has 0 bridgehead atoms. The molecule has 5 nitrogen and oxygen atoms in total. The van der Waals surface area contributed by atoms with Gasteiger partial charge in [0.1, 0.15) is 11.6 Å². The molecule has 2 amide bonds. The van der Waals surface area contributed by atoms with Crippen LogP contribution >= 0.6 is 11.8 Å². The van der Waals surface area contributed by atoms with Crippen molar-refractivity contribution in [2.45, 2.75) is 6.92 Å². The number of carbonyl (C=O) groups excluding carboxylic acids is 2. The minimum Gasteiger partial charge on any atom is -0.323 e. The molecule has 0 saturated carbocycles. The lowest BCUT2D eigenvalue weighted by atomic mass is 10.2. The summed E-state index contributed by atoms with van der Waals surface area (Å²) < 4.78 is 26.1. The van der Waals surface area contributed by atoms with E-state index in [2.05, 4.69) is 21.9 Å². The Hall–Kier alpha value is -2.35. The van der Waals surface area contributed by atoms with Crippen molar-refractivity contribution in [3.63, 3.8) is 0 Å². The third-order valence-electron chi connectivity index (χ3n) is 2.69. The molecule has 0 radical (unpaired) electrons. The number of hydrogen-bond acceptors (Lipinski definition) is 4. The number of nitrogens with one attached hydrogen (secondary N) is 1. The molecule has 0 fully saturated rings. The Kier molecular flexibility index (Phi) is 4.81. The van der Waals surface area contributed by atoms with Crippen LogP contribution < -0.4 is 5.32 Å². The van der Waals surface area contributed by atoms with Gasteiger partial charge in [-0.2, -0.15) is 4.99 Å². The predicted octanol–water partition coefficient (Wildman–Crippen LogP) is 2.55. The van der Waals surface area contributed by atoms with E-state index >= 15 is 0 Å².